The quantitative estimate of drug-likeness (QED) is 0.477. The minimum Gasteiger partial charge on any atom is -0.395 e. The van der Waals surface area contributed by atoms with Crippen molar-refractivity contribution in [1.82, 2.24) is 15.5 Å². The Kier molecular flexibility index (Phi) is 4.86. The van der Waals surface area contributed by atoms with Gasteiger partial charge in [0.25, 0.3) is 11.8 Å². The Bertz CT molecular complexity index is 549. The number of aliphatic hydroxyl groups excluding tert-OH is 2. The topological polar surface area (TPSA) is 119 Å². The van der Waals surface area contributed by atoms with E-state index in [1.807, 2.05) is 0 Å². The van der Waals surface area contributed by atoms with E-state index in [1.54, 1.807) is 30.3 Å². The number of amides is 4. The van der Waals surface area contributed by atoms with E-state index >= 15 is 0 Å². The highest BCUT2D eigenvalue weighted by molar-refractivity contribution is 6.22. The number of carbonyl (C=O) groups excluding carboxylic acids is 3. The number of nitrogens with zero attached hydrogens (tertiary/aromatic N) is 1. The molecule has 0 aliphatic carbocycles. The molecule has 2 rings (SSSR count). The summed E-state index contributed by atoms with van der Waals surface area (Å²) in [5.74, 6) is -1.62. The van der Waals surface area contributed by atoms with E-state index < -0.39 is 23.4 Å². The summed E-state index contributed by atoms with van der Waals surface area (Å²) in [5, 5.41) is 22.6. The van der Waals surface area contributed by atoms with Gasteiger partial charge in [0, 0.05) is 13.1 Å². The van der Waals surface area contributed by atoms with E-state index in [2.05, 4.69) is 10.6 Å². The first-order chi connectivity index (χ1) is 10.6. The predicted octanol–water partition coefficient (Wildman–Crippen LogP) is -1.47. The predicted molar refractivity (Wildman–Crippen MR) is 75.5 cm³/mol. The molecule has 118 valence electrons. The van der Waals surface area contributed by atoms with Crippen molar-refractivity contribution in [3.63, 3.8) is 0 Å². The molecule has 4 N–H and O–H groups in total. The van der Waals surface area contributed by atoms with Crippen LogP contribution in [0.5, 0.6) is 0 Å². The molecular weight excluding hydrogens is 290 g/mol. The fourth-order valence-corrected chi connectivity index (χ4v) is 2.62. The Hall–Kier alpha value is -2.29. The summed E-state index contributed by atoms with van der Waals surface area (Å²) in [6.45, 7) is -0.679. The lowest BCUT2D eigenvalue weighted by Gasteiger charge is -2.42. The second kappa shape index (κ2) is 6.65. The highest BCUT2D eigenvalue weighted by Gasteiger charge is 2.55. The molecule has 1 fully saturated rings. The summed E-state index contributed by atoms with van der Waals surface area (Å²) in [4.78, 5) is 37.8. The van der Waals surface area contributed by atoms with Gasteiger partial charge in [0.05, 0.1) is 13.2 Å². The lowest BCUT2D eigenvalue weighted by atomic mass is 9.84. The van der Waals surface area contributed by atoms with Crippen molar-refractivity contribution in [2.75, 3.05) is 26.3 Å². The van der Waals surface area contributed by atoms with Crippen LogP contribution < -0.4 is 10.6 Å². The summed E-state index contributed by atoms with van der Waals surface area (Å²) < 4.78 is 0. The van der Waals surface area contributed by atoms with Crippen molar-refractivity contribution < 1.29 is 24.6 Å². The average molecular weight is 307 g/mol. The lowest BCUT2D eigenvalue weighted by Crippen LogP contribution is -2.71. The van der Waals surface area contributed by atoms with Crippen LogP contribution in [0.15, 0.2) is 30.3 Å². The number of barbiturate groups is 1. The van der Waals surface area contributed by atoms with Gasteiger partial charge in [-0.05, 0) is 5.56 Å². The van der Waals surface area contributed by atoms with Crippen molar-refractivity contribution >= 4 is 17.8 Å². The molecule has 0 saturated carbocycles. The highest BCUT2D eigenvalue weighted by atomic mass is 16.3. The number of nitrogens with one attached hydrogen (secondary N) is 2. The molecule has 4 amide bonds. The minimum absolute atomic E-state index is 0.0233. The molecule has 1 aromatic carbocycles. The average Bonchev–Trinajstić information content (AvgIpc) is 2.48. The van der Waals surface area contributed by atoms with Gasteiger partial charge in [-0.25, -0.2) is 4.79 Å². The van der Waals surface area contributed by atoms with Crippen molar-refractivity contribution in [2.24, 2.45) is 0 Å². The second-order valence-electron chi connectivity index (χ2n) is 4.75. The Labute approximate surface area is 126 Å². The SMILES string of the molecule is O=C1NC(=O)C(c2ccccc2)(N(CCO)CCO)C(=O)N1. The van der Waals surface area contributed by atoms with Gasteiger partial charge in [-0.15, -0.1) is 0 Å². The zero-order valence-electron chi connectivity index (χ0n) is 11.8. The Morgan fingerprint density at radius 2 is 1.41 bits per heavy atom. The molecule has 22 heavy (non-hydrogen) atoms. The lowest BCUT2D eigenvalue weighted by molar-refractivity contribution is -0.149. The number of aliphatic hydroxyl groups is 2. The van der Waals surface area contributed by atoms with Crippen LogP contribution in [0.2, 0.25) is 0 Å². The number of carbonyl (C=O) groups is 3. The van der Waals surface area contributed by atoms with E-state index in [-0.39, 0.29) is 26.3 Å². The number of hydrogen-bond donors (Lipinski definition) is 4. The highest BCUT2D eigenvalue weighted by Crippen LogP contribution is 2.31. The van der Waals surface area contributed by atoms with Gasteiger partial charge < -0.3 is 10.2 Å². The molecular formula is C14H17N3O5. The largest absolute Gasteiger partial charge is 0.395 e. The number of rotatable bonds is 6. The van der Waals surface area contributed by atoms with Gasteiger partial charge in [0.2, 0.25) is 5.54 Å². The van der Waals surface area contributed by atoms with Gasteiger partial charge in [0.1, 0.15) is 0 Å². The summed E-state index contributed by atoms with van der Waals surface area (Å²) in [6, 6.07) is 7.31. The third kappa shape index (κ3) is 2.59. The van der Waals surface area contributed by atoms with E-state index in [4.69, 9.17) is 0 Å². The molecule has 0 aromatic heterocycles. The molecule has 8 heteroatoms. The van der Waals surface area contributed by atoms with Crippen LogP contribution in [-0.4, -0.2) is 59.3 Å². The van der Waals surface area contributed by atoms with Gasteiger partial charge in [-0.1, -0.05) is 30.3 Å². The molecule has 0 radical (unpaired) electrons. The van der Waals surface area contributed by atoms with Crippen LogP contribution in [0.4, 0.5) is 4.79 Å². The maximum atomic E-state index is 12.5. The zero-order chi connectivity index (χ0) is 16.2. The number of imide groups is 2. The van der Waals surface area contributed by atoms with Crippen LogP contribution in [0, 0.1) is 0 Å². The number of hydrogen-bond acceptors (Lipinski definition) is 6. The minimum atomic E-state index is -1.82. The fourth-order valence-electron chi connectivity index (χ4n) is 2.62. The smallest absolute Gasteiger partial charge is 0.328 e. The van der Waals surface area contributed by atoms with Gasteiger partial charge in [-0.2, -0.15) is 0 Å². The van der Waals surface area contributed by atoms with E-state index in [9.17, 15) is 24.6 Å². The molecule has 0 spiro atoms. The van der Waals surface area contributed by atoms with Gasteiger partial charge in [-0.3, -0.25) is 25.1 Å². The Morgan fingerprint density at radius 1 is 0.909 bits per heavy atom. The van der Waals surface area contributed by atoms with Crippen LogP contribution in [0.1, 0.15) is 5.56 Å². The van der Waals surface area contributed by atoms with Crippen LogP contribution in [-0.2, 0) is 15.1 Å². The molecule has 1 heterocycles. The summed E-state index contributed by atoms with van der Waals surface area (Å²) in [7, 11) is 0. The fraction of sp³-hybridized carbons (Fsp3) is 0.357. The van der Waals surface area contributed by atoms with Crippen LogP contribution in [0.25, 0.3) is 0 Å². The van der Waals surface area contributed by atoms with Crippen molar-refractivity contribution in [1.29, 1.82) is 0 Å². The summed E-state index contributed by atoms with van der Waals surface area (Å²) in [5.41, 5.74) is -1.47. The maximum absolute atomic E-state index is 12.5. The zero-order valence-corrected chi connectivity index (χ0v) is 11.8. The molecule has 1 aliphatic heterocycles. The molecule has 8 nitrogen and oxygen atoms in total. The summed E-state index contributed by atoms with van der Waals surface area (Å²) in [6.07, 6.45) is 0. The normalized spacial score (nSPS) is 17.3. The molecule has 0 bridgehead atoms. The van der Waals surface area contributed by atoms with E-state index in [0.717, 1.165) is 0 Å². The van der Waals surface area contributed by atoms with Crippen molar-refractivity contribution in [3.05, 3.63) is 35.9 Å². The molecule has 1 aliphatic rings. The first-order valence-electron chi connectivity index (χ1n) is 6.76. The summed E-state index contributed by atoms with van der Waals surface area (Å²) >= 11 is 0. The van der Waals surface area contributed by atoms with E-state index in [1.165, 1.54) is 4.90 Å². The molecule has 0 unspecified atom stereocenters. The Balaban J connectivity index is 2.60. The molecule has 1 aromatic rings. The second-order valence-corrected chi connectivity index (χ2v) is 4.75. The maximum Gasteiger partial charge on any atom is 0.328 e. The number of benzene rings is 1. The first-order valence-corrected chi connectivity index (χ1v) is 6.76. The van der Waals surface area contributed by atoms with Crippen molar-refractivity contribution in [2.45, 2.75) is 5.54 Å². The Morgan fingerprint density at radius 3 is 1.86 bits per heavy atom. The first kappa shape index (κ1) is 16.1. The monoisotopic (exact) mass is 307 g/mol. The van der Waals surface area contributed by atoms with E-state index in [0.29, 0.717) is 5.56 Å². The third-order valence-corrected chi connectivity index (χ3v) is 3.52. The van der Waals surface area contributed by atoms with Crippen LogP contribution >= 0.6 is 0 Å². The van der Waals surface area contributed by atoms with Crippen molar-refractivity contribution in [3.8, 4) is 0 Å². The van der Waals surface area contributed by atoms with Gasteiger partial charge in [0.15, 0.2) is 0 Å². The van der Waals surface area contributed by atoms with Crippen LogP contribution in [0.3, 0.4) is 0 Å². The molecule has 1 saturated heterocycles. The van der Waals surface area contributed by atoms with Gasteiger partial charge >= 0.3 is 6.03 Å². The third-order valence-electron chi connectivity index (χ3n) is 3.52. The molecule has 0 atom stereocenters. The standard InChI is InChI=1S/C14H17N3O5/c18-8-6-17(7-9-19)14(10-4-2-1-3-5-10)11(20)15-13(22)16-12(14)21/h1-5,18-19H,6-9H2,(H2,15,16,20,21,22). The number of urea groups is 1.